The number of hydrogen-bond acceptors (Lipinski definition) is 3. The van der Waals surface area contributed by atoms with Crippen LogP contribution >= 0.6 is 0 Å². The molecular weight excluding hydrogens is 192 g/mol. The number of ether oxygens (including phenoxy) is 1. The zero-order valence-corrected chi connectivity index (χ0v) is 9.74. The molecule has 88 valence electrons. The lowest BCUT2D eigenvalue weighted by molar-refractivity contribution is -0.134. The summed E-state index contributed by atoms with van der Waals surface area (Å²) in [5, 5.41) is 0. The number of carbonyl (C=O) groups excluding carboxylic acids is 1. The second-order valence-corrected chi connectivity index (χ2v) is 4.27. The minimum Gasteiger partial charge on any atom is -0.378 e. The largest absolute Gasteiger partial charge is 0.378 e. The maximum absolute atomic E-state index is 11.8. The molecule has 1 rings (SSSR count). The highest BCUT2D eigenvalue weighted by atomic mass is 16.5. The minimum absolute atomic E-state index is 0.144. The first-order valence-corrected chi connectivity index (χ1v) is 5.72. The van der Waals surface area contributed by atoms with Gasteiger partial charge in [0.05, 0.1) is 12.5 Å². The molecule has 2 N–H and O–H groups in total. The number of nitrogens with zero attached hydrogens (tertiary/aromatic N) is 1. The normalized spacial score (nSPS) is 22.7. The number of rotatable bonds is 5. The highest BCUT2D eigenvalue weighted by Gasteiger charge is 2.22. The van der Waals surface area contributed by atoms with Gasteiger partial charge in [-0.3, -0.25) is 4.79 Å². The Labute approximate surface area is 91.8 Å². The Kier molecular flexibility index (Phi) is 5.05. The smallest absolute Gasteiger partial charge is 0.225 e. The van der Waals surface area contributed by atoms with E-state index in [1.807, 2.05) is 14.0 Å². The van der Waals surface area contributed by atoms with Crippen LogP contribution in [0.4, 0.5) is 0 Å². The van der Waals surface area contributed by atoms with Crippen molar-refractivity contribution in [2.45, 2.75) is 44.8 Å². The number of hydrogen-bond donors (Lipinski definition) is 1. The summed E-state index contributed by atoms with van der Waals surface area (Å²) in [6, 6.07) is 0.226. The topological polar surface area (TPSA) is 55.6 Å². The second kappa shape index (κ2) is 6.08. The summed E-state index contributed by atoms with van der Waals surface area (Å²) in [6.07, 6.45) is 3.62. The molecule has 2 unspecified atom stereocenters. The van der Waals surface area contributed by atoms with Crippen molar-refractivity contribution in [3.63, 3.8) is 0 Å². The number of carbonyl (C=O) groups is 1. The lowest BCUT2D eigenvalue weighted by Gasteiger charge is -2.25. The summed E-state index contributed by atoms with van der Waals surface area (Å²) >= 11 is 0. The summed E-state index contributed by atoms with van der Waals surface area (Å²) in [5.41, 5.74) is 5.47. The van der Waals surface area contributed by atoms with Crippen LogP contribution in [0.25, 0.3) is 0 Å². The molecule has 0 saturated carbocycles. The van der Waals surface area contributed by atoms with Gasteiger partial charge in [-0.1, -0.05) is 0 Å². The van der Waals surface area contributed by atoms with Crippen LogP contribution in [-0.4, -0.2) is 43.2 Å². The summed E-state index contributed by atoms with van der Waals surface area (Å²) in [5.74, 6) is 0.169. The van der Waals surface area contributed by atoms with Crippen LogP contribution < -0.4 is 5.73 Å². The third kappa shape index (κ3) is 3.80. The van der Waals surface area contributed by atoms with Crippen molar-refractivity contribution >= 4 is 5.91 Å². The van der Waals surface area contributed by atoms with E-state index < -0.39 is 0 Å². The fourth-order valence-electron chi connectivity index (χ4n) is 1.82. The van der Waals surface area contributed by atoms with Crippen molar-refractivity contribution in [1.29, 1.82) is 0 Å². The molecule has 0 aromatic carbocycles. The van der Waals surface area contributed by atoms with Crippen LogP contribution in [0, 0.1) is 0 Å². The average Bonchev–Trinajstić information content (AvgIpc) is 2.69. The standard InChI is InChI=1S/C11H22N2O2/c1-9(5-6-12)13(2)11(14)8-10-4-3-7-15-10/h9-10H,3-8,12H2,1-2H3. The van der Waals surface area contributed by atoms with Gasteiger partial charge < -0.3 is 15.4 Å². The van der Waals surface area contributed by atoms with Crippen LogP contribution in [0.15, 0.2) is 0 Å². The molecule has 1 fully saturated rings. The van der Waals surface area contributed by atoms with Crippen LogP contribution in [0.2, 0.25) is 0 Å². The molecule has 0 radical (unpaired) electrons. The maximum Gasteiger partial charge on any atom is 0.225 e. The maximum atomic E-state index is 11.8. The number of amides is 1. The summed E-state index contributed by atoms with van der Waals surface area (Å²) in [6.45, 7) is 3.46. The van der Waals surface area contributed by atoms with Crippen molar-refractivity contribution in [3.8, 4) is 0 Å². The Hall–Kier alpha value is -0.610. The van der Waals surface area contributed by atoms with Crippen molar-refractivity contribution in [2.75, 3.05) is 20.2 Å². The molecule has 0 spiro atoms. The molecule has 1 aliphatic rings. The second-order valence-electron chi connectivity index (χ2n) is 4.27. The summed E-state index contributed by atoms with van der Waals surface area (Å²) in [7, 11) is 1.84. The third-order valence-electron chi connectivity index (χ3n) is 3.07. The van der Waals surface area contributed by atoms with Crippen molar-refractivity contribution < 1.29 is 9.53 Å². The SMILES string of the molecule is CC(CCN)N(C)C(=O)CC1CCCO1. The molecule has 1 aliphatic heterocycles. The first-order valence-electron chi connectivity index (χ1n) is 5.72. The van der Waals surface area contributed by atoms with Crippen molar-refractivity contribution in [3.05, 3.63) is 0 Å². The monoisotopic (exact) mass is 214 g/mol. The van der Waals surface area contributed by atoms with E-state index in [1.165, 1.54) is 0 Å². The van der Waals surface area contributed by atoms with Gasteiger partial charge in [-0.25, -0.2) is 0 Å². The first-order chi connectivity index (χ1) is 7.15. The minimum atomic E-state index is 0.144. The predicted octanol–water partition coefficient (Wildman–Crippen LogP) is 0.751. The van der Waals surface area contributed by atoms with Crippen molar-refractivity contribution in [1.82, 2.24) is 4.90 Å². The van der Waals surface area contributed by atoms with E-state index in [4.69, 9.17) is 10.5 Å². The third-order valence-corrected chi connectivity index (χ3v) is 3.07. The van der Waals surface area contributed by atoms with Gasteiger partial charge in [-0.2, -0.15) is 0 Å². The quantitative estimate of drug-likeness (QED) is 0.735. The van der Waals surface area contributed by atoms with Gasteiger partial charge in [-0.15, -0.1) is 0 Å². The molecule has 15 heavy (non-hydrogen) atoms. The van der Waals surface area contributed by atoms with Gasteiger partial charge in [0.2, 0.25) is 5.91 Å². The van der Waals surface area contributed by atoms with E-state index in [2.05, 4.69) is 0 Å². The Morgan fingerprint density at radius 3 is 2.93 bits per heavy atom. The van der Waals surface area contributed by atoms with Crippen molar-refractivity contribution in [2.24, 2.45) is 5.73 Å². The van der Waals surface area contributed by atoms with E-state index in [1.54, 1.807) is 4.90 Å². The van der Waals surface area contributed by atoms with E-state index in [-0.39, 0.29) is 18.1 Å². The summed E-state index contributed by atoms with van der Waals surface area (Å²) in [4.78, 5) is 13.6. The van der Waals surface area contributed by atoms with Gasteiger partial charge in [-0.05, 0) is 32.7 Å². The molecule has 0 aromatic heterocycles. The molecule has 0 aliphatic carbocycles. The molecule has 4 heteroatoms. The van der Waals surface area contributed by atoms with Crippen LogP contribution in [0.3, 0.4) is 0 Å². The lowest BCUT2D eigenvalue weighted by atomic mass is 10.1. The lowest BCUT2D eigenvalue weighted by Crippen LogP contribution is -2.37. The first kappa shape index (κ1) is 12.5. The highest BCUT2D eigenvalue weighted by Crippen LogP contribution is 2.16. The fourth-order valence-corrected chi connectivity index (χ4v) is 1.82. The fraction of sp³-hybridized carbons (Fsp3) is 0.909. The average molecular weight is 214 g/mol. The van der Waals surface area contributed by atoms with Gasteiger partial charge in [0.1, 0.15) is 0 Å². The van der Waals surface area contributed by atoms with Gasteiger partial charge in [0.25, 0.3) is 0 Å². The van der Waals surface area contributed by atoms with Gasteiger partial charge in [0, 0.05) is 19.7 Å². The molecular formula is C11H22N2O2. The Bertz CT molecular complexity index is 203. The molecule has 0 bridgehead atoms. The van der Waals surface area contributed by atoms with E-state index in [0.29, 0.717) is 13.0 Å². The Morgan fingerprint density at radius 2 is 2.40 bits per heavy atom. The molecule has 0 aromatic rings. The number of nitrogens with two attached hydrogens (primary N) is 1. The molecule has 4 nitrogen and oxygen atoms in total. The predicted molar refractivity (Wildman–Crippen MR) is 59.5 cm³/mol. The van der Waals surface area contributed by atoms with Crippen LogP contribution in [0.1, 0.15) is 32.6 Å². The Morgan fingerprint density at radius 1 is 1.67 bits per heavy atom. The molecule has 2 atom stereocenters. The van der Waals surface area contributed by atoms with Gasteiger partial charge >= 0.3 is 0 Å². The molecule has 1 heterocycles. The van der Waals surface area contributed by atoms with E-state index in [9.17, 15) is 4.79 Å². The Balaban J connectivity index is 2.31. The van der Waals surface area contributed by atoms with E-state index >= 15 is 0 Å². The molecule has 1 saturated heterocycles. The summed E-state index contributed by atoms with van der Waals surface area (Å²) < 4.78 is 5.44. The zero-order chi connectivity index (χ0) is 11.3. The molecule has 1 amide bonds. The van der Waals surface area contributed by atoms with Crippen LogP contribution in [0.5, 0.6) is 0 Å². The van der Waals surface area contributed by atoms with E-state index in [0.717, 1.165) is 25.9 Å². The highest BCUT2D eigenvalue weighted by molar-refractivity contribution is 5.76. The van der Waals surface area contributed by atoms with Crippen LogP contribution in [-0.2, 0) is 9.53 Å². The van der Waals surface area contributed by atoms with Gasteiger partial charge in [0.15, 0.2) is 0 Å². The zero-order valence-electron chi connectivity index (χ0n) is 9.74.